The molecule has 2 aromatic rings. The Labute approximate surface area is 102 Å². The molecule has 0 heterocycles. The molecule has 2 rings (SSSR count). The van der Waals surface area contributed by atoms with E-state index >= 15 is 0 Å². The Hall–Kier alpha value is -2.03. The molecular weight excluding hydrogens is 209 g/mol. The molecule has 0 saturated heterocycles. The van der Waals surface area contributed by atoms with Gasteiger partial charge in [-0.2, -0.15) is 0 Å². The lowest BCUT2D eigenvalue weighted by molar-refractivity contribution is 0.548. The second-order valence-electron chi connectivity index (χ2n) is 4.11. The highest BCUT2D eigenvalue weighted by Crippen LogP contribution is 2.11. The molecule has 17 heavy (non-hydrogen) atoms. The van der Waals surface area contributed by atoms with Crippen LogP contribution in [0.1, 0.15) is 11.1 Å². The summed E-state index contributed by atoms with van der Waals surface area (Å²) < 4.78 is 5.48. The highest BCUT2D eigenvalue weighted by atomic mass is 16.5. The van der Waals surface area contributed by atoms with Crippen LogP contribution in [-0.4, -0.2) is 13.7 Å². The molecule has 0 saturated carbocycles. The van der Waals surface area contributed by atoms with Crippen LogP contribution in [0.4, 0.5) is 0 Å². The largest absolute Gasteiger partial charge is 0.439 e. The highest BCUT2D eigenvalue weighted by Gasteiger charge is 2.03. The van der Waals surface area contributed by atoms with Gasteiger partial charge < -0.3 is 4.74 Å². The van der Waals surface area contributed by atoms with Crippen LogP contribution in [0.2, 0.25) is 0 Å². The summed E-state index contributed by atoms with van der Waals surface area (Å²) in [7, 11) is 2.02. The predicted molar refractivity (Wildman–Crippen MR) is 73.3 cm³/mol. The molecule has 0 spiro atoms. The van der Waals surface area contributed by atoms with E-state index in [-0.39, 0.29) is 5.90 Å². The number of rotatable bonds is 2. The molecule has 0 atom stereocenters. The van der Waals surface area contributed by atoms with Crippen LogP contribution >= 0.6 is 0 Å². The number of nitrogens with one attached hydrogen (secondary N) is 1. The number of benzene rings is 2. The van der Waals surface area contributed by atoms with E-state index in [9.17, 15) is 0 Å². The van der Waals surface area contributed by atoms with Crippen LogP contribution in [0.3, 0.4) is 0 Å². The smallest absolute Gasteiger partial charge is 0.219 e. The van der Waals surface area contributed by atoms with Crippen LogP contribution in [-0.2, 0) is 0 Å². The van der Waals surface area contributed by atoms with Gasteiger partial charge in [-0.15, -0.1) is 0 Å². The maximum atomic E-state index is 7.87. The number of ether oxygens (including phenoxy) is 1. The first kappa shape index (κ1) is 11.5. The highest BCUT2D eigenvalue weighted by molar-refractivity contribution is 6.32. The quantitative estimate of drug-likeness (QED) is 0.468. The van der Waals surface area contributed by atoms with Gasteiger partial charge in [-0.3, -0.25) is 5.41 Å². The Morgan fingerprint density at radius 1 is 1.00 bits per heavy atom. The van der Waals surface area contributed by atoms with Crippen molar-refractivity contribution >= 4 is 19.2 Å². The van der Waals surface area contributed by atoms with Gasteiger partial charge in [0.2, 0.25) is 5.90 Å². The van der Waals surface area contributed by atoms with Gasteiger partial charge in [0.1, 0.15) is 13.6 Å². The summed E-state index contributed by atoms with van der Waals surface area (Å²) in [6.45, 7) is 2.02. The summed E-state index contributed by atoms with van der Waals surface area (Å²) in [5.41, 5.74) is 3.15. The first-order valence-electron chi connectivity index (χ1n) is 5.55. The molecule has 84 valence electrons. The average Bonchev–Trinajstić information content (AvgIpc) is 2.33. The SMILES string of the molecule is Bc1ccc(OC(=N)c2ccc(C)cc2)cc1. The molecule has 3 heteroatoms. The zero-order valence-corrected chi connectivity index (χ0v) is 10.0. The molecule has 0 radical (unpaired) electrons. The molecular formula is C14H14BNO. The summed E-state index contributed by atoms with van der Waals surface area (Å²) >= 11 is 0. The first-order valence-corrected chi connectivity index (χ1v) is 5.55. The Kier molecular flexibility index (Phi) is 3.28. The molecule has 2 nitrogen and oxygen atoms in total. The fraction of sp³-hybridized carbons (Fsp3) is 0.0714. The van der Waals surface area contributed by atoms with Gasteiger partial charge in [0.25, 0.3) is 0 Å². The third-order valence-corrected chi connectivity index (χ3v) is 2.55. The lowest BCUT2D eigenvalue weighted by Gasteiger charge is -2.07. The Bertz CT molecular complexity index is 517. The second-order valence-corrected chi connectivity index (χ2v) is 4.11. The van der Waals surface area contributed by atoms with E-state index in [1.807, 2.05) is 63.3 Å². The third-order valence-electron chi connectivity index (χ3n) is 2.55. The van der Waals surface area contributed by atoms with Crippen molar-refractivity contribution in [2.45, 2.75) is 6.92 Å². The van der Waals surface area contributed by atoms with Crippen LogP contribution < -0.4 is 10.2 Å². The molecule has 0 aliphatic heterocycles. The normalized spacial score (nSPS) is 9.94. The molecule has 0 unspecified atom stereocenters. The van der Waals surface area contributed by atoms with Crippen molar-refractivity contribution in [1.82, 2.24) is 0 Å². The topological polar surface area (TPSA) is 33.1 Å². The first-order chi connectivity index (χ1) is 8.15. The van der Waals surface area contributed by atoms with Crippen molar-refractivity contribution < 1.29 is 4.74 Å². The van der Waals surface area contributed by atoms with E-state index in [1.165, 1.54) is 11.0 Å². The van der Waals surface area contributed by atoms with E-state index in [2.05, 4.69) is 0 Å². The van der Waals surface area contributed by atoms with Crippen LogP contribution in [0, 0.1) is 12.3 Å². The second kappa shape index (κ2) is 4.87. The van der Waals surface area contributed by atoms with E-state index in [1.54, 1.807) is 0 Å². The molecule has 0 bridgehead atoms. The zero-order chi connectivity index (χ0) is 12.3. The van der Waals surface area contributed by atoms with Crippen molar-refractivity contribution in [3.63, 3.8) is 0 Å². The van der Waals surface area contributed by atoms with Gasteiger partial charge >= 0.3 is 0 Å². The number of hydrogen-bond acceptors (Lipinski definition) is 2. The van der Waals surface area contributed by atoms with E-state index in [0.717, 1.165) is 5.56 Å². The van der Waals surface area contributed by atoms with Gasteiger partial charge in [0.05, 0.1) is 0 Å². The molecule has 0 fully saturated rings. The summed E-state index contributed by atoms with van der Waals surface area (Å²) in [4.78, 5) is 0. The number of aryl methyl sites for hydroxylation is 1. The molecule has 1 N–H and O–H groups in total. The predicted octanol–water partition coefficient (Wildman–Crippen LogP) is 1.66. The van der Waals surface area contributed by atoms with Gasteiger partial charge in [0, 0.05) is 5.56 Å². The van der Waals surface area contributed by atoms with E-state index in [0.29, 0.717) is 5.75 Å². The standard InChI is InChI=1S/C14H14BNO/c1-10-2-4-11(5-3-10)14(16)17-13-8-6-12(15)7-9-13/h2-9,16H,15H2,1H3. The third kappa shape index (κ3) is 2.97. The average molecular weight is 223 g/mol. The van der Waals surface area contributed by atoms with E-state index < -0.39 is 0 Å². The van der Waals surface area contributed by atoms with Crippen molar-refractivity contribution in [1.29, 1.82) is 5.41 Å². The Morgan fingerprint density at radius 3 is 2.18 bits per heavy atom. The molecule has 2 aromatic carbocycles. The summed E-state index contributed by atoms with van der Waals surface area (Å²) in [6.07, 6.45) is 0. The Balaban J connectivity index is 2.11. The van der Waals surface area contributed by atoms with Crippen LogP contribution in [0.25, 0.3) is 0 Å². The van der Waals surface area contributed by atoms with Gasteiger partial charge in [0.15, 0.2) is 0 Å². The van der Waals surface area contributed by atoms with Crippen molar-refractivity contribution in [2.24, 2.45) is 0 Å². The van der Waals surface area contributed by atoms with Gasteiger partial charge in [-0.05, 0) is 31.2 Å². The fourth-order valence-corrected chi connectivity index (χ4v) is 1.49. The van der Waals surface area contributed by atoms with Crippen molar-refractivity contribution in [3.8, 4) is 5.75 Å². The van der Waals surface area contributed by atoms with Crippen molar-refractivity contribution in [2.75, 3.05) is 0 Å². The Morgan fingerprint density at radius 2 is 1.59 bits per heavy atom. The molecule has 0 aromatic heterocycles. The zero-order valence-electron chi connectivity index (χ0n) is 10.0. The minimum atomic E-state index is 0.175. The summed E-state index contributed by atoms with van der Waals surface area (Å²) in [6, 6.07) is 15.4. The van der Waals surface area contributed by atoms with Crippen LogP contribution in [0.5, 0.6) is 5.75 Å². The minimum absolute atomic E-state index is 0.175. The fourth-order valence-electron chi connectivity index (χ4n) is 1.49. The van der Waals surface area contributed by atoms with Gasteiger partial charge in [-0.1, -0.05) is 35.3 Å². The lowest BCUT2D eigenvalue weighted by Crippen LogP contribution is -2.09. The van der Waals surface area contributed by atoms with Crippen LogP contribution in [0.15, 0.2) is 48.5 Å². The molecule has 0 aliphatic rings. The maximum Gasteiger partial charge on any atom is 0.219 e. The summed E-state index contributed by atoms with van der Waals surface area (Å²) in [5.74, 6) is 0.870. The summed E-state index contributed by atoms with van der Waals surface area (Å²) in [5, 5.41) is 7.87. The van der Waals surface area contributed by atoms with Gasteiger partial charge in [-0.25, -0.2) is 0 Å². The maximum absolute atomic E-state index is 7.87. The van der Waals surface area contributed by atoms with E-state index in [4.69, 9.17) is 10.1 Å². The molecule has 0 aliphatic carbocycles. The minimum Gasteiger partial charge on any atom is -0.439 e. The lowest BCUT2D eigenvalue weighted by atomic mass is 9.97. The molecule has 0 amide bonds. The number of hydrogen-bond donors (Lipinski definition) is 1. The van der Waals surface area contributed by atoms with Crippen molar-refractivity contribution in [3.05, 3.63) is 59.7 Å². The monoisotopic (exact) mass is 223 g/mol.